The number of hydrogen-bond donors (Lipinski definition) is 8. The SMILES string of the molecule is NCC(=O)NC(Cc1ccc(O)cc1)C(=O)NC(CC(N)=O)C(=O)NC(Cc1c[nH]c2ccccc12)C(=O)O. The van der Waals surface area contributed by atoms with Crippen LogP contribution >= 0.6 is 0 Å². The summed E-state index contributed by atoms with van der Waals surface area (Å²) < 4.78 is 0. The predicted molar refractivity (Wildman–Crippen MR) is 140 cm³/mol. The number of fused-ring (bicyclic) bond motifs is 1. The van der Waals surface area contributed by atoms with Crippen LogP contribution in [0.5, 0.6) is 5.75 Å². The van der Waals surface area contributed by atoms with Crippen LogP contribution in [0.4, 0.5) is 0 Å². The normalized spacial score (nSPS) is 13.2. The number of carboxylic acid groups (broad SMARTS) is 1. The van der Waals surface area contributed by atoms with Crippen molar-refractivity contribution < 1.29 is 34.2 Å². The van der Waals surface area contributed by atoms with Gasteiger partial charge in [0.25, 0.3) is 0 Å². The fourth-order valence-corrected chi connectivity index (χ4v) is 4.01. The number of primary amides is 1. The highest BCUT2D eigenvalue weighted by Gasteiger charge is 2.31. The molecule has 0 aliphatic rings. The Balaban J connectivity index is 1.77. The standard InChI is InChI=1S/C26H30N6O7/c27-12-23(35)30-19(9-14-5-7-16(33)8-6-14)24(36)31-20(11-22(28)34)25(37)32-21(26(38)39)10-15-13-29-18-4-2-1-3-17(15)18/h1-8,13,19-21,29,33H,9-12,27H2,(H2,28,34)(H,30,35)(H,31,36)(H,32,37)(H,38,39). The Hall–Kier alpha value is -4.91. The molecule has 39 heavy (non-hydrogen) atoms. The third-order valence-electron chi connectivity index (χ3n) is 5.97. The number of rotatable bonds is 13. The number of aliphatic carboxylic acids is 1. The lowest BCUT2D eigenvalue weighted by atomic mass is 10.0. The summed E-state index contributed by atoms with van der Waals surface area (Å²) in [5.41, 5.74) is 12.7. The van der Waals surface area contributed by atoms with E-state index in [1.54, 1.807) is 24.4 Å². The Morgan fingerprint density at radius 1 is 0.846 bits per heavy atom. The molecule has 13 nitrogen and oxygen atoms in total. The van der Waals surface area contributed by atoms with Crippen LogP contribution in [-0.2, 0) is 36.8 Å². The summed E-state index contributed by atoms with van der Waals surface area (Å²) in [5.74, 6) is -4.64. The van der Waals surface area contributed by atoms with Crippen LogP contribution in [0.2, 0.25) is 0 Å². The van der Waals surface area contributed by atoms with Crippen molar-refractivity contribution in [1.29, 1.82) is 0 Å². The first-order chi connectivity index (χ1) is 18.6. The van der Waals surface area contributed by atoms with Gasteiger partial charge in [-0.1, -0.05) is 30.3 Å². The maximum Gasteiger partial charge on any atom is 0.326 e. The van der Waals surface area contributed by atoms with E-state index in [0.717, 1.165) is 10.9 Å². The number of phenolic OH excluding ortho intramolecular Hbond substituents is 1. The van der Waals surface area contributed by atoms with Crippen molar-refractivity contribution in [3.63, 3.8) is 0 Å². The molecular weight excluding hydrogens is 508 g/mol. The van der Waals surface area contributed by atoms with Crippen LogP contribution in [0, 0.1) is 0 Å². The second-order valence-corrected chi connectivity index (χ2v) is 8.89. The molecular formula is C26H30N6O7. The zero-order chi connectivity index (χ0) is 28.5. The highest BCUT2D eigenvalue weighted by Crippen LogP contribution is 2.19. The zero-order valence-electron chi connectivity index (χ0n) is 20.8. The summed E-state index contributed by atoms with van der Waals surface area (Å²) in [7, 11) is 0. The number of benzene rings is 2. The molecule has 0 fully saturated rings. The lowest BCUT2D eigenvalue weighted by Crippen LogP contribution is -2.57. The molecule has 3 unspecified atom stereocenters. The number of aromatic amines is 1. The number of nitrogens with two attached hydrogens (primary N) is 2. The molecule has 3 aromatic rings. The van der Waals surface area contributed by atoms with Crippen LogP contribution in [0.25, 0.3) is 10.9 Å². The van der Waals surface area contributed by atoms with Crippen molar-refractivity contribution in [3.8, 4) is 5.75 Å². The summed E-state index contributed by atoms with van der Waals surface area (Å²) in [6, 6.07) is 9.04. The summed E-state index contributed by atoms with van der Waals surface area (Å²) >= 11 is 0. The smallest absolute Gasteiger partial charge is 0.326 e. The van der Waals surface area contributed by atoms with Gasteiger partial charge in [0.15, 0.2) is 0 Å². The second-order valence-electron chi connectivity index (χ2n) is 8.89. The first-order valence-electron chi connectivity index (χ1n) is 12.0. The van der Waals surface area contributed by atoms with E-state index in [2.05, 4.69) is 20.9 Å². The van der Waals surface area contributed by atoms with Crippen LogP contribution in [0.15, 0.2) is 54.7 Å². The fourth-order valence-electron chi connectivity index (χ4n) is 4.01. The highest BCUT2D eigenvalue weighted by atomic mass is 16.4. The van der Waals surface area contributed by atoms with Gasteiger partial charge in [-0.25, -0.2) is 4.79 Å². The summed E-state index contributed by atoms with van der Waals surface area (Å²) in [6.45, 7) is -0.404. The minimum atomic E-state index is -1.52. The molecule has 0 spiro atoms. The van der Waals surface area contributed by atoms with E-state index in [0.29, 0.717) is 11.1 Å². The molecule has 1 heterocycles. The van der Waals surface area contributed by atoms with Gasteiger partial charge in [-0.3, -0.25) is 19.2 Å². The van der Waals surface area contributed by atoms with E-state index in [4.69, 9.17) is 11.5 Å². The molecule has 206 valence electrons. The van der Waals surface area contributed by atoms with Crippen molar-refractivity contribution in [1.82, 2.24) is 20.9 Å². The lowest BCUT2D eigenvalue weighted by molar-refractivity contribution is -0.142. The van der Waals surface area contributed by atoms with Gasteiger partial charge in [0.1, 0.15) is 23.9 Å². The maximum atomic E-state index is 13.1. The molecule has 3 rings (SSSR count). The van der Waals surface area contributed by atoms with Crippen LogP contribution in [0.1, 0.15) is 17.5 Å². The van der Waals surface area contributed by atoms with Crippen molar-refractivity contribution in [2.75, 3.05) is 6.54 Å². The van der Waals surface area contributed by atoms with E-state index in [9.17, 15) is 34.2 Å². The number of phenols is 1. The molecule has 3 atom stereocenters. The molecule has 0 saturated carbocycles. The number of nitrogens with one attached hydrogen (secondary N) is 4. The molecule has 4 amide bonds. The topological polar surface area (TPSA) is 230 Å². The maximum absolute atomic E-state index is 13.1. The highest BCUT2D eigenvalue weighted by molar-refractivity contribution is 5.96. The predicted octanol–water partition coefficient (Wildman–Crippen LogP) is -0.968. The van der Waals surface area contributed by atoms with Gasteiger partial charge >= 0.3 is 5.97 Å². The van der Waals surface area contributed by atoms with Gasteiger partial charge in [-0.15, -0.1) is 0 Å². The molecule has 10 N–H and O–H groups in total. The third kappa shape index (κ3) is 8.04. The lowest BCUT2D eigenvalue weighted by Gasteiger charge is -2.24. The van der Waals surface area contributed by atoms with E-state index < -0.39 is 60.7 Å². The number of carbonyl (C=O) groups is 5. The Kier molecular flexibility index (Phi) is 9.59. The fraction of sp³-hybridized carbons (Fsp3) is 0.269. The monoisotopic (exact) mass is 538 g/mol. The Morgan fingerprint density at radius 3 is 2.13 bits per heavy atom. The van der Waals surface area contributed by atoms with Gasteiger partial charge in [-0.2, -0.15) is 0 Å². The van der Waals surface area contributed by atoms with E-state index in [1.165, 1.54) is 12.1 Å². The third-order valence-corrected chi connectivity index (χ3v) is 5.97. The molecule has 0 aliphatic heterocycles. The average molecular weight is 539 g/mol. The number of amides is 4. The van der Waals surface area contributed by atoms with E-state index in [-0.39, 0.29) is 18.6 Å². The van der Waals surface area contributed by atoms with Gasteiger partial charge in [-0.05, 0) is 29.3 Å². The van der Waals surface area contributed by atoms with Crippen LogP contribution in [-0.4, -0.2) is 69.5 Å². The van der Waals surface area contributed by atoms with Gasteiger partial charge in [0.05, 0.1) is 13.0 Å². The molecule has 1 aromatic heterocycles. The summed E-state index contributed by atoms with van der Waals surface area (Å²) in [6.07, 6.45) is 0.927. The Bertz CT molecular complexity index is 1350. The number of para-hydroxylation sites is 1. The zero-order valence-corrected chi connectivity index (χ0v) is 20.8. The minimum Gasteiger partial charge on any atom is -0.508 e. The number of carbonyl (C=O) groups excluding carboxylic acids is 4. The molecule has 2 aromatic carbocycles. The summed E-state index contributed by atoms with van der Waals surface area (Å²) in [4.78, 5) is 64.9. The van der Waals surface area contributed by atoms with E-state index >= 15 is 0 Å². The number of carboxylic acids is 1. The van der Waals surface area contributed by atoms with Gasteiger partial charge < -0.3 is 42.6 Å². The molecule has 0 aliphatic carbocycles. The van der Waals surface area contributed by atoms with Crippen molar-refractivity contribution in [3.05, 3.63) is 65.9 Å². The van der Waals surface area contributed by atoms with Gasteiger partial charge in [0, 0.05) is 29.9 Å². The average Bonchev–Trinajstić information content (AvgIpc) is 3.31. The number of H-pyrrole nitrogens is 1. The number of aromatic nitrogens is 1. The minimum absolute atomic E-state index is 0.00422. The first-order valence-corrected chi connectivity index (χ1v) is 12.0. The molecule has 0 bridgehead atoms. The van der Waals surface area contributed by atoms with Crippen molar-refractivity contribution >= 4 is 40.5 Å². The number of hydrogen-bond acceptors (Lipinski definition) is 7. The second kappa shape index (κ2) is 13.1. The summed E-state index contributed by atoms with van der Waals surface area (Å²) in [5, 5.41) is 27.2. The van der Waals surface area contributed by atoms with Crippen LogP contribution in [0.3, 0.4) is 0 Å². The Morgan fingerprint density at radius 2 is 1.49 bits per heavy atom. The molecule has 0 saturated heterocycles. The molecule has 0 radical (unpaired) electrons. The van der Waals surface area contributed by atoms with Gasteiger partial charge in [0.2, 0.25) is 23.6 Å². The molecule has 13 heteroatoms. The van der Waals surface area contributed by atoms with E-state index in [1.807, 2.05) is 18.2 Å². The van der Waals surface area contributed by atoms with Crippen LogP contribution < -0.4 is 27.4 Å². The first kappa shape index (κ1) is 28.7. The quantitative estimate of drug-likeness (QED) is 0.135. The van der Waals surface area contributed by atoms with Crippen molar-refractivity contribution in [2.45, 2.75) is 37.4 Å². The number of aromatic hydroxyl groups is 1. The Labute approximate surface area is 222 Å². The largest absolute Gasteiger partial charge is 0.508 e. The van der Waals surface area contributed by atoms with Crippen molar-refractivity contribution in [2.24, 2.45) is 11.5 Å².